The van der Waals surface area contributed by atoms with E-state index >= 15 is 0 Å². The molecule has 0 N–H and O–H groups in total. The zero-order chi connectivity index (χ0) is 18.4. The molecular weight excluding hydrogens is 330 g/mol. The summed E-state index contributed by atoms with van der Waals surface area (Å²) in [5, 5.41) is 0. The molecule has 2 heteroatoms. The van der Waals surface area contributed by atoms with Crippen LogP contribution in [0.15, 0.2) is 97.1 Å². The molecule has 0 spiro atoms. The van der Waals surface area contributed by atoms with Crippen molar-refractivity contribution in [3.63, 3.8) is 0 Å². The second kappa shape index (κ2) is 8.52. The van der Waals surface area contributed by atoms with E-state index in [0.29, 0.717) is 0 Å². The van der Waals surface area contributed by atoms with Crippen molar-refractivity contribution >= 4 is 30.4 Å². The maximum atomic E-state index is 2.51. The summed E-state index contributed by atoms with van der Waals surface area (Å²) in [6.07, 6.45) is 3.69. The van der Waals surface area contributed by atoms with E-state index in [1.807, 2.05) is 0 Å². The molecule has 3 aromatic rings. The van der Waals surface area contributed by atoms with Gasteiger partial charge >= 0.3 is 159 Å². The van der Waals surface area contributed by atoms with Gasteiger partial charge in [0.15, 0.2) is 0 Å². The molecular formula is C24H28BP. The Morgan fingerprint density at radius 1 is 0.692 bits per heavy atom. The van der Waals surface area contributed by atoms with Crippen molar-refractivity contribution < 1.29 is 0 Å². The first-order valence-corrected chi connectivity index (χ1v) is 13.1. The third-order valence-electron chi connectivity index (χ3n) is 4.62. The Labute approximate surface area is 159 Å². The molecule has 0 unspecified atom stereocenters. The van der Waals surface area contributed by atoms with E-state index in [0.717, 1.165) is 0 Å². The standard InChI is InChI=1S/C24H28BP/c1-26(2,3)20-19-24(21-13-7-4-8-14-21)25(22-15-9-5-10-16-22)23-17-11-6-12-18-23/h4-19,26H,20H2,1-3H3/b24-19-. The van der Waals surface area contributed by atoms with Gasteiger partial charge in [-0.2, -0.15) is 0 Å². The summed E-state index contributed by atoms with van der Waals surface area (Å²) < 4.78 is 0. The summed E-state index contributed by atoms with van der Waals surface area (Å²) >= 11 is 0. The molecule has 0 nitrogen and oxygen atoms in total. The van der Waals surface area contributed by atoms with Crippen molar-refractivity contribution in [1.82, 2.24) is 0 Å². The van der Waals surface area contributed by atoms with Crippen LogP contribution in [-0.4, -0.2) is 32.9 Å². The summed E-state index contributed by atoms with van der Waals surface area (Å²) in [5.74, 6) is 0. The van der Waals surface area contributed by atoms with Crippen LogP contribution in [0.25, 0.3) is 5.47 Å². The van der Waals surface area contributed by atoms with E-state index in [4.69, 9.17) is 0 Å². The molecule has 0 aliphatic heterocycles. The summed E-state index contributed by atoms with van der Waals surface area (Å²) in [7, 11) is -1.18. The van der Waals surface area contributed by atoms with Gasteiger partial charge in [-0.15, -0.1) is 0 Å². The molecule has 132 valence electrons. The number of hydrogen-bond acceptors (Lipinski definition) is 0. The fourth-order valence-corrected chi connectivity index (χ4v) is 4.12. The average Bonchev–Trinajstić information content (AvgIpc) is 2.66. The molecule has 3 rings (SSSR count). The van der Waals surface area contributed by atoms with Gasteiger partial charge in [0.05, 0.1) is 0 Å². The number of benzene rings is 3. The molecule has 0 amide bonds. The average molecular weight is 358 g/mol. The van der Waals surface area contributed by atoms with Gasteiger partial charge < -0.3 is 0 Å². The van der Waals surface area contributed by atoms with Crippen LogP contribution in [0.3, 0.4) is 0 Å². The molecule has 0 aliphatic carbocycles. The minimum atomic E-state index is -1.18. The molecule has 0 aliphatic rings. The first-order chi connectivity index (χ1) is 12.5. The van der Waals surface area contributed by atoms with Crippen molar-refractivity contribution in [3.8, 4) is 0 Å². The van der Waals surface area contributed by atoms with Gasteiger partial charge in [0.2, 0.25) is 0 Å². The van der Waals surface area contributed by atoms with Crippen LogP contribution in [0, 0.1) is 0 Å². The molecule has 0 bridgehead atoms. The van der Waals surface area contributed by atoms with Crippen LogP contribution in [0.1, 0.15) is 5.56 Å². The number of hydrogen-bond donors (Lipinski definition) is 0. The fourth-order valence-electron chi connectivity index (χ4n) is 3.29. The molecule has 3 aromatic carbocycles. The Kier molecular flexibility index (Phi) is 6.12. The Morgan fingerprint density at radius 3 is 1.54 bits per heavy atom. The molecule has 0 fully saturated rings. The maximum absolute atomic E-state index is 2.51. The topological polar surface area (TPSA) is 0 Å². The first kappa shape index (κ1) is 18.7. The zero-order valence-corrected chi connectivity index (χ0v) is 17.0. The molecule has 0 saturated carbocycles. The van der Waals surface area contributed by atoms with E-state index < -0.39 is 7.26 Å². The SMILES string of the molecule is C[PH](C)(C)C/C=C(\B(c1ccccc1)c1ccccc1)c1ccccc1. The van der Waals surface area contributed by atoms with Gasteiger partial charge in [0.25, 0.3) is 0 Å². The third-order valence-corrected chi connectivity index (χ3v) is 6.05. The Bertz CT molecular complexity index is 794. The van der Waals surface area contributed by atoms with Crippen LogP contribution < -0.4 is 10.9 Å². The zero-order valence-electron chi connectivity index (χ0n) is 16.0. The van der Waals surface area contributed by atoms with Crippen molar-refractivity contribution in [3.05, 3.63) is 103 Å². The quantitative estimate of drug-likeness (QED) is 0.448. The Hall–Kier alpha value is -2.11. The molecule has 0 saturated heterocycles. The predicted octanol–water partition coefficient (Wildman–Crippen LogP) is 4.56. The number of allylic oxidation sites excluding steroid dienone is 1. The van der Waals surface area contributed by atoms with Gasteiger partial charge in [-0.05, 0) is 0 Å². The van der Waals surface area contributed by atoms with Crippen LogP contribution in [0.4, 0.5) is 0 Å². The van der Waals surface area contributed by atoms with Crippen LogP contribution in [0.2, 0.25) is 0 Å². The second-order valence-corrected chi connectivity index (χ2v) is 13.6. The monoisotopic (exact) mass is 358 g/mol. The summed E-state index contributed by atoms with van der Waals surface area (Å²) in [4.78, 5) is 0. The molecule has 0 aromatic heterocycles. The van der Waals surface area contributed by atoms with Gasteiger partial charge in [-0.25, -0.2) is 0 Å². The van der Waals surface area contributed by atoms with E-state index in [1.165, 1.54) is 28.1 Å². The van der Waals surface area contributed by atoms with E-state index in [9.17, 15) is 0 Å². The third kappa shape index (κ3) is 4.96. The van der Waals surface area contributed by atoms with Gasteiger partial charge in [0, 0.05) is 0 Å². The number of rotatable bonds is 6. The van der Waals surface area contributed by atoms with Crippen molar-refractivity contribution in [1.29, 1.82) is 0 Å². The van der Waals surface area contributed by atoms with Crippen molar-refractivity contribution in [2.45, 2.75) is 0 Å². The van der Waals surface area contributed by atoms with Crippen LogP contribution in [-0.2, 0) is 0 Å². The Morgan fingerprint density at radius 2 is 1.12 bits per heavy atom. The second-order valence-electron chi connectivity index (χ2n) is 8.04. The minimum absolute atomic E-state index is 0.260. The fraction of sp³-hybridized carbons (Fsp3) is 0.167. The van der Waals surface area contributed by atoms with Gasteiger partial charge in [-0.1, -0.05) is 0 Å². The van der Waals surface area contributed by atoms with E-state index in [2.05, 4.69) is 117 Å². The van der Waals surface area contributed by atoms with E-state index in [-0.39, 0.29) is 6.71 Å². The van der Waals surface area contributed by atoms with Crippen molar-refractivity contribution in [2.24, 2.45) is 0 Å². The predicted molar refractivity (Wildman–Crippen MR) is 123 cm³/mol. The Balaban J connectivity index is 2.16. The van der Waals surface area contributed by atoms with Crippen LogP contribution in [0.5, 0.6) is 0 Å². The first-order valence-electron chi connectivity index (χ1n) is 9.40. The van der Waals surface area contributed by atoms with E-state index in [1.54, 1.807) is 0 Å². The molecule has 0 heterocycles. The molecule has 0 atom stereocenters. The molecule has 0 radical (unpaired) electrons. The van der Waals surface area contributed by atoms with Crippen molar-refractivity contribution in [2.75, 3.05) is 26.2 Å². The summed E-state index contributed by atoms with van der Waals surface area (Å²) in [6.45, 7) is 7.57. The van der Waals surface area contributed by atoms with Gasteiger partial charge in [-0.3, -0.25) is 0 Å². The summed E-state index contributed by atoms with van der Waals surface area (Å²) in [5.41, 5.74) is 5.45. The normalized spacial score (nSPS) is 12.7. The van der Waals surface area contributed by atoms with Gasteiger partial charge in [0.1, 0.15) is 0 Å². The molecule has 26 heavy (non-hydrogen) atoms. The van der Waals surface area contributed by atoms with Crippen LogP contribution >= 0.6 is 7.26 Å². The summed E-state index contributed by atoms with van der Waals surface area (Å²) in [6, 6.07) is 32.7.